The van der Waals surface area contributed by atoms with Crippen molar-refractivity contribution in [2.45, 2.75) is 31.4 Å². The van der Waals surface area contributed by atoms with E-state index in [-0.39, 0.29) is 18.1 Å². The van der Waals surface area contributed by atoms with E-state index in [1.807, 2.05) is 0 Å². The van der Waals surface area contributed by atoms with E-state index in [0.29, 0.717) is 12.2 Å². The van der Waals surface area contributed by atoms with Crippen LogP contribution in [0.5, 0.6) is 0 Å². The molecule has 1 aromatic carbocycles. The lowest BCUT2D eigenvalue weighted by atomic mass is 9.84. The number of ketones is 1. The number of hydrogen-bond acceptors (Lipinski definition) is 6. The molecule has 3 atom stereocenters. The molecule has 122 valence electrons. The highest BCUT2D eigenvalue weighted by molar-refractivity contribution is 6.46. The van der Waals surface area contributed by atoms with Crippen LogP contribution in [0.25, 0.3) is 0 Å². The molecule has 2 aliphatic rings. The molecule has 0 bridgehead atoms. The van der Waals surface area contributed by atoms with Gasteiger partial charge >= 0.3 is 5.97 Å². The van der Waals surface area contributed by atoms with Crippen molar-refractivity contribution >= 4 is 17.5 Å². The molecule has 0 saturated carbocycles. The molecular formula is C16H17FN2O4. The van der Waals surface area contributed by atoms with Crippen LogP contribution in [0.2, 0.25) is 0 Å². The number of ether oxygens (including phenoxy) is 2. The third-order valence-electron chi connectivity index (χ3n) is 4.01. The van der Waals surface area contributed by atoms with E-state index in [1.165, 1.54) is 24.3 Å². The van der Waals surface area contributed by atoms with Gasteiger partial charge in [-0.05, 0) is 31.5 Å². The lowest BCUT2D eigenvalue weighted by Gasteiger charge is -2.20. The normalized spacial score (nSPS) is 28.7. The average molecular weight is 320 g/mol. The molecule has 1 unspecified atom stereocenters. The Bertz CT molecular complexity index is 667. The Hall–Kier alpha value is -2.28. The standard InChI is InChI=1S/C16H17FN2O4/c1-3-22-15(21)13-11(9-4-6-10(17)7-5-9)12(18-19-13)14(20)16(2)8-23-16/h4-7,11,13,19H,3,8H2,1-2H3/t11-,13-,16?/m1/s1. The van der Waals surface area contributed by atoms with E-state index in [0.717, 1.165) is 0 Å². The summed E-state index contributed by atoms with van der Waals surface area (Å²) in [5.41, 5.74) is 2.61. The van der Waals surface area contributed by atoms with Crippen molar-refractivity contribution < 1.29 is 23.5 Å². The Balaban J connectivity index is 1.94. The van der Waals surface area contributed by atoms with Gasteiger partial charge in [-0.15, -0.1) is 0 Å². The fraction of sp³-hybridized carbons (Fsp3) is 0.438. The Labute approximate surface area is 132 Å². The first-order valence-corrected chi connectivity index (χ1v) is 7.40. The van der Waals surface area contributed by atoms with Crippen LogP contribution < -0.4 is 5.43 Å². The highest BCUT2D eigenvalue weighted by Crippen LogP contribution is 2.34. The first-order valence-electron chi connectivity index (χ1n) is 7.40. The number of hydrazone groups is 1. The molecule has 7 heteroatoms. The van der Waals surface area contributed by atoms with Gasteiger partial charge in [0.1, 0.15) is 11.5 Å². The van der Waals surface area contributed by atoms with Crippen LogP contribution in [0.15, 0.2) is 29.4 Å². The SMILES string of the molecule is CCOC(=O)[C@@H]1NN=C(C(=O)C2(C)CO2)[C@H]1c1ccc(F)cc1. The number of epoxide rings is 1. The van der Waals surface area contributed by atoms with Crippen molar-refractivity contribution in [3.05, 3.63) is 35.6 Å². The van der Waals surface area contributed by atoms with E-state index < -0.39 is 29.3 Å². The van der Waals surface area contributed by atoms with Crippen LogP contribution in [-0.2, 0) is 19.1 Å². The smallest absolute Gasteiger partial charge is 0.331 e. The van der Waals surface area contributed by atoms with Gasteiger partial charge in [0.2, 0.25) is 5.78 Å². The van der Waals surface area contributed by atoms with Gasteiger partial charge in [-0.3, -0.25) is 10.2 Å². The average Bonchev–Trinajstić information content (AvgIpc) is 3.13. The quantitative estimate of drug-likeness (QED) is 0.650. The number of carbonyl (C=O) groups is 2. The number of carbonyl (C=O) groups excluding carboxylic acids is 2. The summed E-state index contributed by atoms with van der Waals surface area (Å²) < 4.78 is 23.4. The third-order valence-corrected chi connectivity index (χ3v) is 4.01. The summed E-state index contributed by atoms with van der Waals surface area (Å²) in [4.78, 5) is 24.7. The summed E-state index contributed by atoms with van der Waals surface area (Å²) in [6.45, 7) is 3.92. The molecule has 1 aromatic rings. The Morgan fingerprint density at radius 1 is 1.43 bits per heavy atom. The topological polar surface area (TPSA) is 80.3 Å². The Morgan fingerprint density at radius 3 is 2.65 bits per heavy atom. The van der Waals surface area contributed by atoms with Crippen molar-refractivity contribution in [2.75, 3.05) is 13.2 Å². The molecule has 0 radical (unpaired) electrons. The minimum atomic E-state index is -0.887. The molecule has 2 heterocycles. The molecule has 1 N–H and O–H groups in total. The van der Waals surface area contributed by atoms with Gasteiger partial charge < -0.3 is 9.47 Å². The number of hydrogen-bond donors (Lipinski definition) is 1. The number of benzene rings is 1. The van der Waals surface area contributed by atoms with Gasteiger partial charge in [0.25, 0.3) is 0 Å². The third kappa shape index (κ3) is 2.84. The maximum Gasteiger partial charge on any atom is 0.331 e. The summed E-state index contributed by atoms with van der Waals surface area (Å²) >= 11 is 0. The van der Waals surface area contributed by atoms with Gasteiger partial charge in [0, 0.05) is 0 Å². The van der Waals surface area contributed by atoms with Crippen LogP contribution in [-0.4, -0.2) is 42.3 Å². The number of halogens is 1. The predicted molar refractivity (Wildman–Crippen MR) is 79.5 cm³/mol. The molecule has 6 nitrogen and oxygen atoms in total. The van der Waals surface area contributed by atoms with E-state index in [1.54, 1.807) is 13.8 Å². The summed E-state index contributed by atoms with van der Waals surface area (Å²) in [6.07, 6.45) is 0. The number of nitrogens with one attached hydrogen (secondary N) is 1. The molecule has 0 aliphatic carbocycles. The summed E-state index contributed by atoms with van der Waals surface area (Å²) in [6, 6.07) is 4.83. The molecule has 3 rings (SSSR count). The number of rotatable bonds is 5. The Kier molecular flexibility index (Phi) is 3.89. The summed E-state index contributed by atoms with van der Waals surface area (Å²) in [7, 11) is 0. The predicted octanol–water partition coefficient (Wildman–Crippen LogP) is 1.16. The number of nitrogens with zero attached hydrogens (tertiary/aromatic N) is 1. The first kappa shape index (κ1) is 15.6. The van der Waals surface area contributed by atoms with Crippen molar-refractivity contribution in [1.82, 2.24) is 5.43 Å². The second kappa shape index (κ2) is 5.73. The van der Waals surface area contributed by atoms with Gasteiger partial charge in [-0.25, -0.2) is 9.18 Å². The second-order valence-corrected chi connectivity index (χ2v) is 5.73. The zero-order chi connectivity index (χ0) is 16.6. The first-order chi connectivity index (χ1) is 11.0. The van der Waals surface area contributed by atoms with Crippen LogP contribution in [0.3, 0.4) is 0 Å². The molecule has 1 saturated heterocycles. The van der Waals surface area contributed by atoms with E-state index >= 15 is 0 Å². The lowest BCUT2D eigenvalue weighted by Crippen LogP contribution is -2.40. The fourth-order valence-electron chi connectivity index (χ4n) is 2.58. The highest BCUT2D eigenvalue weighted by Gasteiger charge is 2.53. The van der Waals surface area contributed by atoms with E-state index in [4.69, 9.17) is 9.47 Å². The monoisotopic (exact) mass is 320 g/mol. The molecule has 0 amide bonds. The zero-order valence-electron chi connectivity index (χ0n) is 12.8. The fourth-order valence-corrected chi connectivity index (χ4v) is 2.58. The van der Waals surface area contributed by atoms with Gasteiger partial charge in [0.05, 0.1) is 19.1 Å². The van der Waals surface area contributed by atoms with Gasteiger partial charge in [-0.1, -0.05) is 12.1 Å². The zero-order valence-corrected chi connectivity index (χ0v) is 12.8. The van der Waals surface area contributed by atoms with Crippen LogP contribution in [0.4, 0.5) is 4.39 Å². The van der Waals surface area contributed by atoms with Crippen molar-refractivity contribution in [3.63, 3.8) is 0 Å². The lowest BCUT2D eigenvalue weighted by molar-refractivity contribution is -0.145. The minimum absolute atomic E-state index is 0.203. The molecule has 0 aromatic heterocycles. The summed E-state index contributed by atoms with van der Waals surface area (Å²) in [5.74, 6) is -1.81. The number of esters is 1. The van der Waals surface area contributed by atoms with Gasteiger partial charge in [0.15, 0.2) is 11.6 Å². The Morgan fingerprint density at radius 2 is 2.09 bits per heavy atom. The number of Topliss-reactive ketones (excluding diaryl/α,β-unsaturated/α-hetero) is 1. The van der Waals surface area contributed by atoms with Crippen LogP contribution in [0.1, 0.15) is 25.3 Å². The largest absolute Gasteiger partial charge is 0.464 e. The minimum Gasteiger partial charge on any atom is -0.464 e. The highest BCUT2D eigenvalue weighted by atomic mass is 19.1. The van der Waals surface area contributed by atoms with Crippen molar-refractivity contribution in [3.8, 4) is 0 Å². The van der Waals surface area contributed by atoms with Crippen LogP contribution in [0, 0.1) is 5.82 Å². The molecule has 2 aliphatic heterocycles. The molecule has 1 fully saturated rings. The summed E-state index contributed by atoms with van der Waals surface area (Å²) in [5, 5.41) is 4.05. The maximum absolute atomic E-state index is 13.2. The molecular weight excluding hydrogens is 303 g/mol. The second-order valence-electron chi connectivity index (χ2n) is 5.73. The maximum atomic E-state index is 13.2. The van der Waals surface area contributed by atoms with Crippen molar-refractivity contribution in [2.24, 2.45) is 5.10 Å². The van der Waals surface area contributed by atoms with E-state index in [9.17, 15) is 14.0 Å². The van der Waals surface area contributed by atoms with Gasteiger partial charge in [-0.2, -0.15) is 5.10 Å². The molecule has 0 spiro atoms. The van der Waals surface area contributed by atoms with Crippen LogP contribution >= 0.6 is 0 Å². The van der Waals surface area contributed by atoms with Crippen molar-refractivity contribution in [1.29, 1.82) is 0 Å². The van der Waals surface area contributed by atoms with E-state index in [2.05, 4.69) is 10.5 Å². The molecule has 23 heavy (non-hydrogen) atoms.